The minimum Gasteiger partial charge on any atom is -0.207 e. The molecule has 0 amide bonds. The van der Waals surface area contributed by atoms with Gasteiger partial charge in [-0.2, -0.15) is 0 Å². The Hall–Kier alpha value is -1.34. The molecule has 2 atom stereocenters. The summed E-state index contributed by atoms with van der Waals surface area (Å²) in [5, 5.41) is -0.310. The van der Waals surface area contributed by atoms with Crippen LogP contribution in [0.2, 0.25) is 0 Å². The maximum Gasteiger partial charge on any atom is 0.123 e. The van der Waals surface area contributed by atoms with E-state index in [1.54, 1.807) is 0 Å². The van der Waals surface area contributed by atoms with Crippen LogP contribution in [-0.2, 0) is 0 Å². The van der Waals surface area contributed by atoms with Crippen LogP contribution in [0.15, 0.2) is 42.5 Å². The molecule has 0 N–H and O–H groups in total. The molecule has 2 heteroatoms. The molecule has 2 rings (SSSR count). The van der Waals surface area contributed by atoms with Crippen molar-refractivity contribution in [3.8, 4) is 0 Å². The number of aryl methyl sites for hydroxylation is 1. The van der Waals surface area contributed by atoms with Gasteiger partial charge in [0.05, 0.1) is 5.38 Å². The van der Waals surface area contributed by atoms with Gasteiger partial charge in [-0.3, -0.25) is 0 Å². The van der Waals surface area contributed by atoms with Crippen molar-refractivity contribution in [2.75, 3.05) is 0 Å². The van der Waals surface area contributed by atoms with Gasteiger partial charge >= 0.3 is 0 Å². The third-order valence-electron chi connectivity index (χ3n) is 3.77. The summed E-state index contributed by atoms with van der Waals surface area (Å²) in [7, 11) is 0. The summed E-state index contributed by atoms with van der Waals surface area (Å²) < 4.78 is 13.5. The summed E-state index contributed by atoms with van der Waals surface area (Å²) in [4.78, 5) is 0. The Bertz CT molecular complexity index is 554. The molecule has 106 valence electrons. The average molecular weight is 291 g/mol. The van der Waals surface area contributed by atoms with Gasteiger partial charge in [-0.1, -0.05) is 44.2 Å². The molecule has 2 aromatic rings. The first-order valence-corrected chi connectivity index (χ1v) is 7.46. The lowest BCUT2D eigenvalue weighted by atomic mass is 9.95. The number of halogens is 2. The second-order valence-corrected chi connectivity index (χ2v) is 5.84. The fourth-order valence-electron chi connectivity index (χ4n) is 2.33. The molecule has 20 heavy (non-hydrogen) atoms. The van der Waals surface area contributed by atoms with Crippen molar-refractivity contribution in [3.63, 3.8) is 0 Å². The molecule has 0 fully saturated rings. The van der Waals surface area contributed by atoms with Gasteiger partial charge in [-0.15, -0.1) is 11.6 Å². The van der Waals surface area contributed by atoms with E-state index in [0.717, 1.165) is 23.1 Å². The largest absolute Gasteiger partial charge is 0.207 e. The normalized spacial score (nSPS) is 14.1. The van der Waals surface area contributed by atoms with Crippen molar-refractivity contribution in [2.24, 2.45) is 0 Å². The van der Waals surface area contributed by atoms with Gasteiger partial charge < -0.3 is 0 Å². The van der Waals surface area contributed by atoms with E-state index < -0.39 is 0 Å². The summed E-state index contributed by atoms with van der Waals surface area (Å²) in [6.45, 7) is 6.27. The molecule has 0 spiro atoms. The minimum absolute atomic E-state index is 0.234. The molecule has 2 aromatic carbocycles. The highest BCUT2D eigenvalue weighted by atomic mass is 35.5. The van der Waals surface area contributed by atoms with Crippen molar-refractivity contribution in [1.29, 1.82) is 0 Å². The highest BCUT2D eigenvalue weighted by Crippen LogP contribution is 2.31. The SMILES string of the molecule is CCC(C)c1ccc(C(Cl)c2cc(C)cc(F)c2)cc1. The predicted octanol–water partition coefficient (Wildman–Crippen LogP) is 5.98. The molecule has 0 aromatic heterocycles. The number of alkyl halides is 1. The van der Waals surface area contributed by atoms with Gasteiger partial charge in [0.15, 0.2) is 0 Å². The monoisotopic (exact) mass is 290 g/mol. The van der Waals surface area contributed by atoms with Gasteiger partial charge in [0.25, 0.3) is 0 Å². The fourth-order valence-corrected chi connectivity index (χ4v) is 2.60. The van der Waals surface area contributed by atoms with E-state index in [1.165, 1.54) is 17.7 Å². The first-order chi connectivity index (χ1) is 9.51. The van der Waals surface area contributed by atoms with Crippen LogP contribution in [0.5, 0.6) is 0 Å². The van der Waals surface area contributed by atoms with Crippen molar-refractivity contribution in [1.82, 2.24) is 0 Å². The highest BCUT2D eigenvalue weighted by molar-refractivity contribution is 6.22. The van der Waals surface area contributed by atoms with Crippen LogP contribution in [0.25, 0.3) is 0 Å². The predicted molar refractivity (Wildman–Crippen MR) is 84.0 cm³/mol. The van der Waals surface area contributed by atoms with E-state index in [-0.39, 0.29) is 11.2 Å². The second kappa shape index (κ2) is 6.41. The molecule has 0 radical (unpaired) electrons. The van der Waals surface area contributed by atoms with E-state index in [1.807, 2.05) is 25.1 Å². The van der Waals surface area contributed by atoms with Crippen LogP contribution in [-0.4, -0.2) is 0 Å². The van der Waals surface area contributed by atoms with Crippen LogP contribution in [0.1, 0.15) is 53.8 Å². The maximum absolute atomic E-state index is 13.5. The minimum atomic E-state index is -0.310. The van der Waals surface area contributed by atoms with E-state index in [4.69, 9.17) is 11.6 Å². The van der Waals surface area contributed by atoms with Crippen LogP contribution in [0, 0.1) is 12.7 Å². The van der Waals surface area contributed by atoms with Crippen LogP contribution >= 0.6 is 11.6 Å². The van der Waals surface area contributed by atoms with Gasteiger partial charge in [-0.05, 0) is 53.6 Å². The van der Waals surface area contributed by atoms with E-state index >= 15 is 0 Å². The zero-order valence-electron chi connectivity index (χ0n) is 12.2. The molecular formula is C18H20ClF. The van der Waals surface area contributed by atoms with Gasteiger partial charge in [0.1, 0.15) is 5.82 Å². The molecular weight excluding hydrogens is 271 g/mol. The Kier molecular flexibility index (Phi) is 4.82. The average Bonchev–Trinajstić information content (AvgIpc) is 2.45. The third kappa shape index (κ3) is 3.40. The smallest absolute Gasteiger partial charge is 0.123 e. The molecule has 0 saturated carbocycles. The molecule has 2 unspecified atom stereocenters. The molecule has 0 nitrogen and oxygen atoms in total. The number of hydrogen-bond acceptors (Lipinski definition) is 0. The Morgan fingerprint density at radius 3 is 2.15 bits per heavy atom. The number of hydrogen-bond donors (Lipinski definition) is 0. The van der Waals surface area contributed by atoms with Crippen molar-refractivity contribution in [3.05, 3.63) is 70.5 Å². The summed E-state index contributed by atoms with van der Waals surface area (Å²) >= 11 is 6.47. The van der Waals surface area contributed by atoms with Crippen LogP contribution in [0.4, 0.5) is 4.39 Å². The van der Waals surface area contributed by atoms with Crippen molar-refractivity contribution < 1.29 is 4.39 Å². The number of benzene rings is 2. The number of rotatable bonds is 4. The van der Waals surface area contributed by atoms with Crippen LogP contribution < -0.4 is 0 Å². The summed E-state index contributed by atoms with van der Waals surface area (Å²) in [6, 6.07) is 13.3. The van der Waals surface area contributed by atoms with E-state index in [9.17, 15) is 4.39 Å². The van der Waals surface area contributed by atoms with E-state index in [2.05, 4.69) is 26.0 Å². The van der Waals surface area contributed by atoms with E-state index in [0.29, 0.717) is 5.92 Å². The van der Waals surface area contributed by atoms with Crippen molar-refractivity contribution >= 4 is 11.6 Å². The Morgan fingerprint density at radius 2 is 1.60 bits per heavy atom. The summed E-state index contributed by atoms with van der Waals surface area (Å²) in [6.07, 6.45) is 1.12. The molecule has 0 saturated heterocycles. The standard InChI is InChI=1S/C18H20ClF/c1-4-13(3)14-5-7-15(8-6-14)18(19)16-9-12(2)10-17(20)11-16/h5-11,13,18H,4H2,1-3H3. The second-order valence-electron chi connectivity index (χ2n) is 5.40. The van der Waals surface area contributed by atoms with Gasteiger partial charge in [-0.25, -0.2) is 4.39 Å². The molecule has 0 aliphatic rings. The Morgan fingerprint density at radius 1 is 1.00 bits per heavy atom. The lowest BCUT2D eigenvalue weighted by molar-refractivity contribution is 0.624. The first-order valence-electron chi connectivity index (χ1n) is 7.02. The lowest BCUT2D eigenvalue weighted by Crippen LogP contribution is -1.97. The molecule has 0 aliphatic carbocycles. The molecule has 0 bridgehead atoms. The van der Waals surface area contributed by atoms with Crippen molar-refractivity contribution in [2.45, 2.75) is 38.5 Å². The maximum atomic E-state index is 13.5. The highest BCUT2D eigenvalue weighted by Gasteiger charge is 2.13. The third-order valence-corrected chi connectivity index (χ3v) is 4.27. The summed E-state index contributed by atoms with van der Waals surface area (Å²) in [5.74, 6) is 0.316. The fraction of sp³-hybridized carbons (Fsp3) is 0.333. The Balaban J connectivity index is 2.26. The Labute approximate surface area is 125 Å². The first kappa shape index (κ1) is 15.1. The van der Waals surface area contributed by atoms with Crippen LogP contribution in [0.3, 0.4) is 0 Å². The summed E-state index contributed by atoms with van der Waals surface area (Å²) in [5.41, 5.74) is 4.02. The zero-order chi connectivity index (χ0) is 14.7. The lowest BCUT2D eigenvalue weighted by Gasteiger charge is -2.14. The zero-order valence-corrected chi connectivity index (χ0v) is 12.9. The molecule has 0 aliphatic heterocycles. The van der Waals surface area contributed by atoms with Gasteiger partial charge in [0, 0.05) is 0 Å². The quantitative estimate of drug-likeness (QED) is 0.608. The molecule has 0 heterocycles. The topological polar surface area (TPSA) is 0 Å². The van der Waals surface area contributed by atoms with Gasteiger partial charge in [0.2, 0.25) is 0 Å².